The van der Waals surface area contributed by atoms with E-state index in [9.17, 15) is 8.42 Å². The highest BCUT2D eigenvalue weighted by Gasteiger charge is 2.23. The zero-order valence-corrected chi connectivity index (χ0v) is 13.3. The van der Waals surface area contributed by atoms with E-state index >= 15 is 0 Å². The second-order valence-corrected chi connectivity index (χ2v) is 6.91. The molecule has 1 N–H and O–H groups in total. The molecule has 0 bridgehead atoms. The van der Waals surface area contributed by atoms with E-state index in [1.54, 1.807) is 13.1 Å². The van der Waals surface area contributed by atoms with Crippen molar-refractivity contribution in [3.63, 3.8) is 0 Å². The Hall–Kier alpha value is -0.910. The number of nitrogens with one attached hydrogen (secondary N) is 1. The number of benzene rings is 1. The fraction of sp³-hybridized carbons (Fsp3) is 0.571. The van der Waals surface area contributed by atoms with E-state index in [1.165, 1.54) is 4.31 Å². The summed E-state index contributed by atoms with van der Waals surface area (Å²) in [5.74, 6) is 0. The Balaban J connectivity index is 3.32. The van der Waals surface area contributed by atoms with Crippen LogP contribution in [0.15, 0.2) is 17.0 Å². The van der Waals surface area contributed by atoms with Gasteiger partial charge in [0.05, 0.1) is 4.90 Å². The number of nitrogens with zero attached hydrogens (tertiary/aromatic N) is 1. The molecule has 0 radical (unpaired) electrons. The van der Waals surface area contributed by atoms with E-state index in [-0.39, 0.29) is 0 Å². The second kappa shape index (κ2) is 6.50. The third kappa shape index (κ3) is 3.55. The summed E-state index contributed by atoms with van der Waals surface area (Å²) in [5.41, 5.74) is 2.84. The Bertz CT molecular complexity index is 539. The molecule has 4 nitrogen and oxygen atoms in total. The molecule has 0 heterocycles. The van der Waals surface area contributed by atoms with Crippen LogP contribution < -0.4 is 5.32 Å². The lowest BCUT2D eigenvalue weighted by atomic mass is 10.1. The molecule has 0 saturated carbocycles. The molecular formula is C14H24N2O2S. The highest BCUT2D eigenvalue weighted by molar-refractivity contribution is 7.89. The molecule has 0 aliphatic carbocycles. The highest BCUT2D eigenvalue weighted by atomic mass is 32.2. The van der Waals surface area contributed by atoms with Crippen molar-refractivity contribution in [3.05, 3.63) is 28.8 Å². The van der Waals surface area contributed by atoms with Gasteiger partial charge in [-0.15, -0.1) is 0 Å². The third-order valence-corrected chi connectivity index (χ3v) is 5.27. The Morgan fingerprint density at radius 2 is 1.89 bits per heavy atom. The maximum absolute atomic E-state index is 12.6. The molecule has 0 fully saturated rings. The zero-order chi connectivity index (χ0) is 14.6. The van der Waals surface area contributed by atoms with Gasteiger partial charge in [0.25, 0.3) is 0 Å². The fourth-order valence-electron chi connectivity index (χ4n) is 2.08. The van der Waals surface area contributed by atoms with Crippen molar-refractivity contribution in [2.75, 3.05) is 20.6 Å². The van der Waals surface area contributed by atoms with Crippen LogP contribution in [0.2, 0.25) is 0 Å². The largest absolute Gasteiger partial charge is 0.316 e. The van der Waals surface area contributed by atoms with Crippen LogP contribution in [0.4, 0.5) is 0 Å². The Kier molecular flexibility index (Phi) is 5.52. The molecule has 0 saturated heterocycles. The van der Waals surface area contributed by atoms with E-state index < -0.39 is 10.0 Å². The van der Waals surface area contributed by atoms with Gasteiger partial charge in [0.2, 0.25) is 10.0 Å². The Morgan fingerprint density at radius 1 is 1.26 bits per heavy atom. The van der Waals surface area contributed by atoms with Crippen LogP contribution in [0.25, 0.3) is 0 Å². The lowest BCUT2D eigenvalue weighted by Crippen LogP contribution is -2.28. The second-order valence-electron chi connectivity index (χ2n) is 4.89. The van der Waals surface area contributed by atoms with E-state index in [0.717, 1.165) is 23.1 Å². The van der Waals surface area contributed by atoms with Gasteiger partial charge in [0, 0.05) is 20.1 Å². The molecule has 0 unspecified atom stereocenters. The summed E-state index contributed by atoms with van der Waals surface area (Å²) in [6, 6.07) is 3.81. The minimum absolute atomic E-state index is 0.425. The van der Waals surface area contributed by atoms with Crippen molar-refractivity contribution in [1.82, 2.24) is 9.62 Å². The molecule has 0 spiro atoms. The quantitative estimate of drug-likeness (QED) is 0.870. The maximum atomic E-state index is 12.6. The van der Waals surface area contributed by atoms with E-state index in [0.29, 0.717) is 18.0 Å². The van der Waals surface area contributed by atoms with Crippen molar-refractivity contribution >= 4 is 10.0 Å². The van der Waals surface area contributed by atoms with Crippen molar-refractivity contribution < 1.29 is 8.42 Å². The van der Waals surface area contributed by atoms with Crippen molar-refractivity contribution in [2.24, 2.45) is 0 Å². The molecule has 5 heteroatoms. The molecule has 0 aliphatic rings. The Morgan fingerprint density at radius 3 is 2.42 bits per heavy atom. The molecule has 1 aromatic carbocycles. The van der Waals surface area contributed by atoms with Crippen LogP contribution in [0.1, 0.15) is 30.0 Å². The first-order valence-corrected chi connectivity index (χ1v) is 7.99. The first kappa shape index (κ1) is 16.1. The van der Waals surface area contributed by atoms with Gasteiger partial charge in [-0.2, -0.15) is 0 Å². The predicted octanol–water partition coefficient (Wildman–Crippen LogP) is 2.05. The van der Waals surface area contributed by atoms with Gasteiger partial charge in [-0.05, 0) is 50.1 Å². The van der Waals surface area contributed by atoms with Gasteiger partial charge < -0.3 is 5.32 Å². The number of rotatable bonds is 6. The van der Waals surface area contributed by atoms with Crippen LogP contribution >= 0.6 is 0 Å². The summed E-state index contributed by atoms with van der Waals surface area (Å²) in [6.07, 6.45) is 0.809. The SMILES string of the molecule is CCCN(C)S(=O)(=O)c1cc(CNC)cc(C)c1C. The van der Waals surface area contributed by atoms with Crippen LogP contribution in [-0.2, 0) is 16.6 Å². The smallest absolute Gasteiger partial charge is 0.243 e. The summed E-state index contributed by atoms with van der Waals surface area (Å²) in [6.45, 7) is 7.00. The van der Waals surface area contributed by atoms with Gasteiger partial charge in [0.1, 0.15) is 0 Å². The molecule has 0 amide bonds. The van der Waals surface area contributed by atoms with Gasteiger partial charge in [-0.1, -0.05) is 13.0 Å². The van der Waals surface area contributed by atoms with Crippen molar-refractivity contribution in [1.29, 1.82) is 0 Å². The summed E-state index contributed by atoms with van der Waals surface area (Å²) in [4.78, 5) is 0.425. The average Bonchev–Trinajstić information content (AvgIpc) is 2.34. The molecule has 0 aromatic heterocycles. The number of aryl methyl sites for hydroxylation is 1. The van der Waals surface area contributed by atoms with Crippen LogP contribution in [0, 0.1) is 13.8 Å². The predicted molar refractivity (Wildman–Crippen MR) is 78.8 cm³/mol. The third-order valence-electron chi connectivity index (χ3n) is 3.29. The summed E-state index contributed by atoms with van der Waals surface area (Å²) < 4.78 is 26.5. The molecule has 0 atom stereocenters. The molecule has 1 aromatic rings. The van der Waals surface area contributed by atoms with Crippen LogP contribution in [0.5, 0.6) is 0 Å². The van der Waals surface area contributed by atoms with Crippen LogP contribution in [0.3, 0.4) is 0 Å². The first-order chi connectivity index (χ1) is 8.84. The van der Waals surface area contributed by atoms with E-state index in [1.807, 2.05) is 33.9 Å². The molecule has 0 aliphatic heterocycles. The van der Waals surface area contributed by atoms with Gasteiger partial charge >= 0.3 is 0 Å². The molecule has 108 valence electrons. The summed E-state index contributed by atoms with van der Waals surface area (Å²) >= 11 is 0. The summed E-state index contributed by atoms with van der Waals surface area (Å²) in [7, 11) is 0.101. The number of sulfonamides is 1. The first-order valence-electron chi connectivity index (χ1n) is 6.55. The number of hydrogen-bond donors (Lipinski definition) is 1. The fourth-order valence-corrected chi connectivity index (χ4v) is 3.68. The Labute approximate surface area is 116 Å². The van der Waals surface area contributed by atoms with Gasteiger partial charge in [0.15, 0.2) is 0 Å². The van der Waals surface area contributed by atoms with E-state index in [4.69, 9.17) is 0 Å². The minimum atomic E-state index is -3.39. The molecular weight excluding hydrogens is 260 g/mol. The minimum Gasteiger partial charge on any atom is -0.316 e. The van der Waals surface area contributed by atoms with Crippen molar-refractivity contribution in [2.45, 2.75) is 38.6 Å². The lowest BCUT2D eigenvalue weighted by molar-refractivity contribution is 0.468. The zero-order valence-electron chi connectivity index (χ0n) is 12.4. The average molecular weight is 284 g/mol. The highest BCUT2D eigenvalue weighted by Crippen LogP contribution is 2.24. The lowest BCUT2D eigenvalue weighted by Gasteiger charge is -2.19. The van der Waals surface area contributed by atoms with Gasteiger partial charge in [-0.25, -0.2) is 12.7 Å². The number of hydrogen-bond acceptors (Lipinski definition) is 3. The maximum Gasteiger partial charge on any atom is 0.243 e. The standard InChI is InChI=1S/C14H24N2O2S/c1-6-7-16(5)19(17,18)14-9-13(10-15-4)8-11(2)12(14)3/h8-9,15H,6-7,10H2,1-5H3. The van der Waals surface area contributed by atoms with E-state index in [2.05, 4.69) is 5.32 Å². The monoisotopic (exact) mass is 284 g/mol. The van der Waals surface area contributed by atoms with Crippen molar-refractivity contribution in [3.8, 4) is 0 Å². The van der Waals surface area contributed by atoms with Gasteiger partial charge in [-0.3, -0.25) is 0 Å². The topological polar surface area (TPSA) is 49.4 Å². The molecule has 19 heavy (non-hydrogen) atoms. The van der Waals surface area contributed by atoms with Crippen LogP contribution in [-0.4, -0.2) is 33.4 Å². The normalized spacial score (nSPS) is 12.1. The summed E-state index contributed by atoms with van der Waals surface area (Å²) in [5, 5.41) is 3.06. The molecule has 1 rings (SSSR count).